The minimum absolute atomic E-state index is 0.697. The highest BCUT2D eigenvalue weighted by Gasteiger charge is 2.12. The third kappa shape index (κ3) is 2.93. The Morgan fingerprint density at radius 2 is 2.00 bits per heavy atom. The summed E-state index contributed by atoms with van der Waals surface area (Å²) in [5.41, 5.74) is 1.02. The Morgan fingerprint density at radius 3 is 2.62 bits per heavy atom. The zero-order valence-corrected chi connectivity index (χ0v) is 8.62. The van der Waals surface area contributed by atoms with Crippen molar-refractivity contribution in [1.82, 2.24) is 5.32 Å². The second-order valence-corrected chi connectivity index (χ2v) is 4.02. The van der Waals surface area contributed by atoms with Gasteiger partial charge >= 0.3 is 9.28 Å². The van der Waals surface area contributed by atoms with Crippen LogP contribution in [0.3, 0.4) is 0 Å². The molecule has 0 heterocycles. The van der Waals surface area contributed by atoms with Crippen molar-refractivity contribution in [2.75, 3.05) is 13.6 Å². The van der Waals surface area contributed by atoms with Crippen molar-refractivity contribution in [3.63, 3.8) is 0 Å². The molecule has 0 aliphatic carbocycles. The summed E-state index contributed by atoms with van der Waals surface area (Å²) in [5, 5.41) is 3.73. The van der Waals surface area contributed by atoms with Gasteiger partial charge in [0.15, 0.2) is 0 Å². The number of hydrogen-bond acceptors (Lipinski definition) is 3. The zero-order valence-electron chi connectivity index (χ0n) is 7.62. The predicted octanol–water partition coefficient (Wildman–Crippen LogP) is -0.872. The van der Waals surface area contributed by atoms with Gasteiger partial charge in [-0.05, 0) is 30.8 Å². The maximum absolute atomic E-state index is 9.14. The van der Waals surface area contributed by atoms with Crippen molar-refractivity contribution in [3.05, 3.63) is 29.8 Å². The van der Waals surface area contributed by atoms with Gasteiger partial charge in [0.25, 0.3) is 0 Å². The van der Waals surface area contributed by atoms with Crippen LogP contribution < -0.4 is 10.5 Å². The molecular weight excluding hydrogens is 182 g/mol. The standard InChI is InChI=1S/C9H14NO2Si/c1-10-7-6-8-4-2-3-5-9(8)13(11)12/h2-5,10-12H,6-7H2,1H3. The molecule has 0 saturated heterocycles. The predicted molar refractivity (Wildman–Crippen MR) is 53.9 cm³/mol. The van der Waals surface area contributed by atoms with Crippen molar-refractivity contribution in [2.24, 2.45) is 0 Å². The fraction of sp³-hybridized carbons (Fsp3) is 0.333. The van der Waals surface area contributed by atoms with E-state index in [2.05, 4.69) is 5.32 Å². The van der Waals surface area contributed by atoms with Crippen molar-refractivity contribution in [2.45, 2.75) is 6.42 Å². The highest BCUT2D eigenvalue weighted by molar-refractivity contribution is 6.59. The Hall–Kier alpha value is -0.683. The number of benzene rings is 1. The largest absolute Gasteiger partial charge is 0.418 e. The first-order valence-electron chi connectivity index (χ1n) is 4.23. The molecule has 0 fully saturated rings. The lowest BCUT2D eigenvalue weighted by Gasteiger charge is -2.07. The van der Waals surface area contributed by atoms with Crippen LogP contribution in [0.15, 0.2) is 24.3 Å². The van der Waals surface area contributed by atoms with Gasteiger partial charge in [-0.15, -0.1) is 0 Å². The first-order chi connectivity index (χ1) is 6.25. The minimum Gasteiger partial charge on any atom is -0.406 e. The van der Waals surface area contributed by atoms with Crippen molar-refractivity contribution in [3.8, 4) is 0 Å². The lowest BCUT2D eigenvalue weighted by atomic mass is 10.1. The van der Waals surface area contributed by atoms with Gasteiger partial charge < -0.3 is 14.9 Å². The van der Waals surface area contributed by atoms with Crippen LogP contribution >= 0.6 is 0 Å². The summed E-state index contributed by atoms with van der Waals surface area (Å²) in [6.07, 6.45) is 0.835. The maximum Gasteiger partial charge on any atom is 0.418 e. The van der Waals surface area contributed by atoms with Crippen LogP contribution in [-0.2, 0) is 6.42 Å². The Labute approximate surface area is 79.9 Å². The summed E-state index contributed by atoms with van der Waals surface area (Å²) in [7, 11) is -0.418. The second kappa shape index (κ2) is 5.13. The molecular formula is C9H14NO2Si. The van der Waals surface area contributed by atoms with Crippen LogP contribution in [0, 0.1) is 0 Å². The van der Waals surface area contributed by atoms with Crippen molar-refractivity contribution >= 4 is 14.5 Å². The molecule has 0 aliphatic rings. The molecule has 0 unspecified atom stereocenters. The van der Waals surface area contributed by atoms with E-state index in [-0.39, 0.29) is 0 Å². The van der Waals surface area contributed by atoms with E-state index in [0.717, 1.165) is 18.5 Å². The summed E-state index contributed by atoms with van der Waals surface area (Å²) in [4.78, 5) is 18.3. The highest BCUT2D eigenvalue weighted by Crippen LogP contribution is 1.97. The molecule has 0 aromatic heterocycles. The molecule has 0 bridgehead atoms. The monoisotopic (exact) mass is 196 g/mol. The Morgan fingerprint density at radius 1 is 1.31 bits per heavy atom. The van der Waals surface area contributed by atoms with Gasteiger partial charge in [0.05, 0.1) is 0 Å². The first kappa shape index (κ1) is 10.4. The van der Waals surface area contributed by atoms with E-state index in [1.165, 1.54) is 0 Å². The van der Waals surface area contributed by atoms with E-state index in [0.29, 0.717) is 5.19 Å². The van der Waals surface area contributed by atoms with Crippen LogP contribution in [0.1, 0.15) is 5.56 Å². The number of rotatable bonds is 4. The van der Waals surface area contributed by atoms with E-state index in [9.17, 15) is 0 Å². The average molecular weight is 196 g/mol. The maximum atomic E-state index is 9.14. The molecule has 1 radical (unpaired) electrons. The van der Waals surface area contributed by atoms with Gasteiger partial charge in [-0.25, -0.2) is 0 Å². The zero-order chi connectivity index (χ0) is 9.68. The SMILES string of the molecule is CNCCc1ccccc1[Si](O)O. The van der Waals surface area contributed by atoms with Gasteiger partial charge in [-0.1, -0.05) is 24.3 Å². The Kier molecular flexibility index (Phi) is 4.11. The molecule has 0 spiro atoms. The number of hydrogen-bond donors (Lipinski definition) is 3. The van der Waals surface area contributed by atoms with Crippen molar-refractivity contribution < 1.29 is 9.59 Å². The molecule has 0 amide bonds. The van der Waals surface area contributed by atoms with Gasteiger partial charge in [0.2, 0.25) is 0 Å². The van der Waals surface area contributed by atoms with Crippen LogP contribution in [0.4, 0.5) is 0 Å². The average Bonchev–Trinajstić information content (AvgIpc) is 2.15. The summed E-state index contributed by atoms with van der Waals surface area (Å²) < 4.78 is 0. The highest BCUT2D eigenvalue weighted by atomic mass is 28.3. The Balaban J connectivity index is 2.78. The number of likely N-dealkylation sites (N-methyl/N-ethyl adjacent to an activating group) is 1. The number of nitrogens with one attached hydrogen (secondary N) is 1. The fourth-order valence-corrected chi connectivity index (χ4v) is 1.96. The molecule has 71 valence electrons. The fourth-order valence-electron chi connectivity index (χ4n) is 1.22. The molecule has 0 atom stereocenters. The van der Waals surface area contributed by atoms with E-state index in [1.807, 2.05) is 25.2 Å². The van der Waals surface area contributed by atoms with Crippen LogP contribution in [0.2, 0.25) is 0 Å². The molecule has 1 aromatic carbocycles. The molecule has 1 rings (SSSR count). The van der Waals surface area contributed by atoms with E-state index in [1.54, 1.807) is 6.07 Å². The topological polar surface area (TPSA) is 52.5 Å². The van der Waals surface area contributed by atoms with E-state index in [4.69, 9.17) is 9.59 Å². The lowest BCUT2D eigenvalue weighted by Crippen LogP contribution is -2.33. The van der Waals surface area contributed by atoms with Crippen LogP contribution in [0.25, 0.3) is 0 Å². The van der Waals surface area contributed by atoms with Gasteiger partial charge in [-0.2, -0.15) is 0 Å². The third-order valence-electron chi connectivity index (χ3n) is 1.90. The quantitative estimate of drug-likeness (QED) is 0.549. The molecule has 4 heteroatoms. The molecule has 13 heavy (non-hydrogen) atoms. The summed E-state index contributed by atoms with van der Waals surface area (Å²) >= 11 is 0. The minimum atomic E-state index is -2.30. The second-order valence-electron chi connectivity index (χ2n) is 2.83. The van der Waals surface area contributed by atoms with E-state index < -0.39 is 9.28 Å². The summed E-state index contributed by atoms with van der Waals surface area (Å²) in [6, 6.07) is 7.46. The third-order valence-corrected chi connectivity index (χ3v) is 2.87. The first-order valence-corrected chi connectivity index (χ1v) is 5.63. The molecule has 3 nitrogen and oxygen atoms in total. The van der Waals surface area contributed by atoms with E-state index >= 15 is 0 Å². The normalized spacial score (nSPS) is 10.8. The molecule has 0 saturated carbocycles. The molecule has 1 aromatic rings. The summed E-state index contributed by atoms with van der Waals surface area (Å²) in [6.45, 7) is 0.853. The van der Waals surface area contributed by atoms with Gasteiger partial charge in [-0.3, -0.25) is 0 Å². The Bertz CT molecular complexity index is 266. The lowest BCUT2D eigenvalue weighted by molar-refractivity contribution is 0.425. The van der Waals surface area contributed by atoms with Crippen LogP contribution in [-0.4, -0.2) is 32.5 Å². The molecule has 3 N–H and O–H groups in total. The summed E-state index contributed by atoms with van der Waals surface area (Å²) in [5.74, 6) is 0. The van der Waals surface area contributed by atoms with Crippen LogP contribution in [0.5, 0.6) is 0 Å². The smallest absolute Gasteiger partial charge is 0.406 e. The van der Waals surface area contributed by atoms with Gasteiger partial charge in [0.1, 0.15) is 0 Å². The van der Waals surface area contributed by atoms with Crippen molar-refractivity contribution in [1.29, 1.82) is 0 Å². The van der Waals surface area contributed by atoms with Gasteiger partial charge in [0, 0.05) is 0 Å². The molecule has 0 aliphatic heterocycles.